The normalized spacial score (nSPS) is 12.6. The van der Waals surface area contributed by atoms with Crippen LogP contribution in [0.4, 0.5) is 0 Å². The molecule has 6 heteroatoms. The topological polar surface area (TPSA) is 78.9 Å². The summed E-state index contributed by atoms with van der Waals surface area (Å²) in [4.78, 5) is 38.4. The van der Waals surface area contributed by atoms with Crippen LogP contribution in [0.2, 0.25) is 0 Å². The van der Waals surface area contributed by atoms with Crippen molar-refractivity contribution < 1.29 is 28.6 Å². The fourth-order valence-electron chi connectivity index (χ4n) is 9.92. The van der Waals surface area contributed by atoms with Crippen molar-refractivity contribution in [3.05, 3.63) is 85.1 Å². The molecular weight excluding hydrogens is 985 g/mol. The minimum Gasteiger partial charge on any atom is -0.462 e. The second kappa shape index (κ2) is 68.1. The van der Waals surface area contributed by atoms with Crippen LogP contribution in [-0.2, 0) is 28.6 Å². The Morgan fingerprint density at radius 2 is 0.500 bits per heavy atom. The van der Waals surface area contributed by atoms with Gasteiger partial charge in [-0.1, -0.05) is 305 Å². The van der Waals surface area contributed by atoms with Gasteiger partial charge in [0.2, 0.25) is 0 Å². The average molecular weight is 1120 g/mol. The molecule has 1 atom stereocenters. The van der Waals surface area contributed by atoms with Gasteiger partial charge in [-0.05, 0) is 109 Å². The van der Waals surface area contributed by atoms with Crippen molar-refractivity contribution in [2.75, 3.05) is 13.2 Å². The Bertz CT molecular complexity index is 1520. The zero-order valence-corrected chi connectivity index (χ0v) is 53.1. The Hall–Kier alpha value is -3.41. The van der Waals surface area contributed by atoms with E-state index in [2.05, 4.69) is 106 Å². The third-order valence-electron chi connectivity index (χ3n) is 15.1. The zero-order valence-electron chi connectivity index (χ0n) is 53.1. The van der Waals surface area contributed by atoms with Crippen LogP contribution in [-0.4, -0.2) is 37.2 Å². The SMILES string of the molecule is CC/C=C\C/C=C\C/C=C\C/C=C\CCCCCCCCCCCCC(=O)OC(COC(=O)CCCCCCC/C=C\C/C=C\CCCC)COC(=O)CCCCCCCCCCCCCCC/C=C\CCCCCCCCCC. The largest absolute Gasteiger partial charge is 0.462 e. The van der Waals surface area contributed by atoms with E-state index in [9.17, 15) is 14.4 Å². The molecule has 0 radical (unpaired) electrons. The quantitative estimate of drug-likeness (QED) is 0.0261. The summed E-state index contributed by atoms with van der Waals surface area (Å²) in [6.07, 6.45) is 90.3. The molecular formula is C74H130O6. The van der Waals surface area contributed by atoms with E-state index >= 15 is 0 Å². The molecule has 0 aromatic heterocycles. The summed E-state index contributed by atoms with van der Waals surface area (Å²) in [6, 6.07) is 0. The highest BCUT2D eigenvalue weighted by molar-refractivity contribution is 5.71. The lowest BCUT2D eigenvalue weighted by molar-refractivity contribution is -0.167. The van der Waals surface area contributed by atoms with Crippen LogP contribution in [0, 0.1) is 0 Å². The lowest BCUT2D eigenvalue weighted by Crippen LogP contribution is -2.30. The van der Waals surface area contributed by atoms with Crippen molar-refractivity contribution in [2.45, 2.75) is 354 Å². The third kappa shape index (κ3) is 65.4. The van der Waals surface area contributed by atoms with Gasteiger partial charge in [0.15, 0.2) is 6.10 Å². The van der Waals surface area contributed by atoms with Gasteiger partial charge in [0.25, 0.3) is 0 Å². The first-order chi connectivity index (χ1) is 39.5. The predicted molar refractivity (Wildman–Crippen MR) is 348 cm³/mol. The highest BCUT2D eigenvalue weighted by Gasteiger charge is 2.19. The fourth-order valence-corrected chi connectivity index (χ4v) is 9.92. The molecule has 0 heterocycles. The van der Waals surface area contributed by atoms with Crippen LogP contribution in [0.3, 0.4) is 0 Å². The molecule has 0 saturated carbocycles. The maximum Gasteiger partial charge on any atom is 0.306 e. The number of hydrogen-bond donors (Lipinski definition) is 0. The lowest BCUT2D eigenvalue weighted by Gasteiger charge is -2.18. The van der Waals surface area contributed by atoms with Crippen molar-refractivity contribution in [1.29, 1.82) is 0 Å². The number of allylic oxidation sites excluding steroid dienone is 14. The predicted octanol–water partition coefficient (Wildman–Crippen LogP) is 23.8. The first kappa shape index (κ1) is 76.6. The van der Waals surface area contributed by atoms with E-state index in [1.165, 1.54) is 205 Å². The molecule has 0 aliphatic rings. The molecule has 0 aliphatic heterocycles. The average Bonchev–Trinajstić information content (AvgIpc) is 3.46. The van der Waals surface area contributed by atoms with Gasteiger partial charge >= 0.3 is 17.9 Å². The molecule has 0 spiro atoms. The van der Waals surface area contributed by atoms with Crippen molar-refractivity contribution in [3.63, 3.8) is 0 Å². The number of rotatable bonds is 63. The zero-order chi connectivity index (χ0) is 57.8. The van der Waals surface area contributed by atoms with Gasteiger partial charge in [-0.25, -0.2) is 0 Å². The molecule has 6 nitrogen and oxygen atoms in total. The van der Waals surface area contributed by atoms with E-state index in [1.54, 1.807) is 0 Å². The Morgan fingerprint density at radius 1 is 0.263 bits per heavy atom. The molecule has 0 bridgehead atoms. The van der Waals surface area contributed by atoms with Crippen molar-refractivity contribution in [1.82, 2.24) is 0 Å². The molecule has 0 fully saturated rings. The van der Waals surface area contributed by atoms with Gasteiger partial charge in [-0.2, -0.15) is 0 Å². The number of esters is 3. The van der Waals surface area contributed by atoms with Crippen molar-refractivity contribution >= 4 is 17.9 Å². The molecule has 0 amide bonds. The molecule has 0 N–H and O–H groups in total. The third-order valence-corrected chi connectivity index (χ3v) is 15.1. The Morgan fingerprint density at radius 3 is 0.812 bits per heavy atom. The van der Waals surface area contributed by atoms with Crippen LogP contribution in [0.15, 0.2) is 85.1 Å². The number of hydrogen-bond acceptors (Lipinski definition) is 6. The van der Waals surface area contributed by atoms with Gasteiger partial charge < -0.3 is 14.2 Å². The standard InChI is InChI=1S/C74H130O6/c1-4-7-10-13-16-19-22-25-28-30-32-34-36-37-39-40-42-44-46-49-52-55-58-61-64-67-73(76)79-70-71(69-78-72(75)66-63-60-57-54-51-48-27-24-21-18-15-12-9-6-3)80-74(77)68-65-62-59-56-53-50-47-45-43-41-38-35-33-31-29-26-23-20-17-14-11-8-5-2/h8,11,15,17-18,20,24,26-27,29-30,32-33,35,71H,4-7,9-10,12-14,16,19,21-23,25,28,31,34,36-70H2,1-3H3/b11-8-,18-15-,20-17-,27-24-,29-26-,32-30-,35-33-. The molecule has 0 aliphatic carbocycles. The Balaban J connectivity index is 4.31. The first-order valence-electron chi connectivity index (χ1n) is 34.6. The lowest BCUT2D eigenvalue weighted by atomic mass is 10.0. The Kier molecular flexibility index (Phi) is 65.2. The summed E-state index contributed by atoms with van der Waals surface area (Å²) in [5, 5.41) is 0. The van der Waals surface area contributed by atoms with Crippen molar-refractivity contribution in [3.8, 4) is 0 Å². The highest BCUT2D eigenvalue weighted by atomic mass is 16.6. The van der Waals surface area contributed by atoms with Gasteiger partial charge in [0.05, 0.1) is 0 Å². The van der Waals surface area contributed by atoms with E-state index < -0.39 is 6.10 Å². The molecule has 80 heavy (non-hydrogen) atoms. The van der Waals surface area contributed by atoms with Crippen LogP contribution in [0.1, 0.15) is 348 Å². The number of ether oxygens (including phenoxy) is 3. The maximum atomic E-state index is 12.9. The Labute approximate surface area is 496 Å². The molecule has 462 valence electrons. The van der Waals surface area contributed by atoms with E-state index in [-0.39, 0.29) is 31.1 Å². The number of carbonyl (C=O) groups is 3. The van der Waals surface area contributed by atoms with Gasteiger partial charge in [-0.15, -0.1) is 0 Å². The molecule has 0 aromatic carbocycles. The molecule has 1 unspecified atom stereocenters. The first-order valence-corrected chi connectivity index (χ1v) is 34.6. The molecule has 0 saturated heterocycles. The van der Waals surface area contributed by atoms with Crippen molar-refractivity contribution in [2.24, 2.45) is 0 Å². The van der Waals surface area contributed by atoms with Crippen LogP contribution < -0.4 is 0 Å². The van der Waals surface area contributed by atoms with Gasteiger partial charge in [0, 0.05) is 19.3 Å². The van der Waals surface area contributed by atoms with Crippen LogP contribution >= 0.6 is 0 Å². The summed E-state index contributed by atoms with van der Waals surface area (Å²) in [5.41, 5.74) is 0. The molecule has 0 rings (SSSR count). The van der Waals surface area contributed by atoms with E-state index in [0.717, 1.165) is 103 Å². The minimum atomic E-state index is -0.786. The van der Waals surface area contributed by atoms with E-state index in [0.29, 0.717) is 19.3 Å². The second-order valence-electron chi connectivity index (χ2n) is 23.1. The van der Waals surface area contributed by atoms with Gasteiger partial charge in [-0.3, -0.25) is 14.4 Å². The maximum absolute atomic E-state index is 12.9. The van der Waals surface area contributed by atoms with E-state index in [4.69, 9.17) is 14.2 Å². The number of carbonyl (C=O) groups excluding carboxylic acids is 3. The van der Waals surface area contributed by atoms with Crippen LogP contribution in [0.25, 0.3) is 0 Å². The summed E-state index contributed by atoms with van der Waals surface area (Å²) >= 11 is 0. The number of unbranched alkanes of at least 4 members (excludes halogenated alkanes) is 38. The fraction of sp³-hybridized carbons (Fsp3) is 0.770. The minimum absolute atomic E-state index is 0.0807. The molecule has 0 aromatic rings. The van der Waals surface area contributed by atoms with Gasteiger partial charge in [0.1, 0.15) is 13.2 Å². The smallest absolute Gasteiger partial charge is 0.306 e. The summed E-state index contributed by atoms with van der Waals surface area (Å²) in [6.45, 7) is 6.52. The van der Waals surface area contributed by atoms with E-state index in [1.807, 2.05) is 0 Å². The highest BCUT2D eigenvalue weighted by Crippen LogP contribution is 2.17. The summed E-state index contributed by atoms with van der Waals surface area (Å²) in [5.74, 6) is -0.884. The second-order valence-corrected chi connectivity index (χ2v) is 23.1. The summed E-state index contributed by atoms with van der Waals surface area (Å²) < 4.78 is 17.0. The summed E-state index contributed by atoms with van der Waals surface area (Å²) in [7, 11) is 0. The monoisotopic (exact) mass is 1110 g/mol. The van der Waals surface area contributed by atoms with Crippen LogP contribution in [0.5, 0.6) is 0 Å².